The highest BCUT2D eigenvalue weighted by molar-refractivity contribution is 4.97. The molecule has 2 heterocycles. The summed E-state index contributed by atoms with van der Waals surface area (Å²) >= 11 is 0. The van der Waals surface area contributed by atoms with Crippen molar-refractivity contribution in [1.29, 1.82) is 0 Å². The van der Waals surface area contributed by atoms with Gasteiger partial charge in [-0.25, -0.2) is 0 Å². The molecule has 0 aliphatic carbocycles. The monoisotopic (exact) mass is 225 g/mol. The Balaban J connectivity index is 1.91. The van der Waals surface area contributed by atoms with Crippen LogP contribution in [-0.2, 0) is 23.1 Å². The molecular formula is C11H19N3O2. The highest BCUT2D eigenvalue weighted by Crippen LogP contribution is 2.23. The molecule has 0 saturated carbocycles. The molecule has 1 unspecified atom stereocenters. The summed E-state index contributed by atoms with van der Waals surface area (Å²) in [5.41, 5.74) is 6.40. The van der Waals surface area contributed by atoms with Crippen LogP contribution in [0.3, 0.4) is 0 Å². The van der Waals surface area contributed by atoms with Crippen LogP contribution in [-0.4, -0.2) is 35.1 Å². The van der Waals surface area contributed by atoms with Crippen LogP contribution in [0.4, 0.5) is 0 Å². The zero-order chi connectivity index (χ0) is 11.4. The van der Waals surface area contributed by atoms with E-state index >= 15 is 0 Å². The van der Waals surface area contributed by atoms with Crippen LogP contribution in [0.15, 0.2) is 12.3 Å². The van der Waals surface area contributed by atoms with Crippen molar-refractivity contribution in [2.24, 2.45) is 12.8 Å². The van der Waals surface area contributed by atoms with E-state index in [0.29, 0.717) is 19.8 Å². The summed E-state index contributed by atoms with van der Waals surface area (Å²) in [5, 5.41) is 4.27. The first-order valence-corrected chi connectivity index (χ1v) is 5.64. The lowest BCUT2D eigenvalue weighted by atomic mass is 9.96. The Morgan fingerprint density at radius 1 is 1.69 bits per heavy atom. The van der Waals surface area contributed by atoms with E-state index in [1.807, 2.05) is 19.3 Å². The molecule has 1 aromatic heterocycles. The minimum atomic E-state index is -0.310. The average molecular weight is 225 g/mol. The Kier molecular flexibility index (Phi) is 3.58. The first-order valence-electron chi connectivity index (χ1n) is 5.64. The van der Waals surface area contributed by atoms with Crippen LogP contribution >= 0.6 is 0 Å². The predicted molar refractivity (Wildman–Crippen MR) is 59.8 cm³/mol. The number of nitrogens with zero attached hydrogens (tertiary/aromatic N) is 2. The van der Waals surface area contributed by atoms with Crippen LogP contribution in [0, 0.1) is 0 Å². The van der Waals surface area contributed by atoms with Gasteiger partial charge in [0, 0.05) is 26.4 Å². The van der Waals surface area contributed by atoms with Gasteiger partial charge in [-0.3, -0.25) is 4.68 Å². The van der Waals surface area contributed by atoms with Crippen molar-refractivity contribution < 1.29 is 9.47 Å². The van der Waals surface area contributed by atoms with Gasteiger partial charge in [0.25, 0.3) is 0 Å². The predicted octanol–water partition coefficient (Wildman–Crippen LogP) is 0.445. The van der Waals surface area contributed by atoms with Crippen LogP contribution in [0.1, 0.15) is 18.5 Å². The number of hydrogen-bond acceptors (Lipinski definition) is 4. The Morgan fingerprint density at radius 3 is 3.12 bits per heavy atom. The van der Waals surface area contributed by atoms with Crippen molar-refractivity contribution in [3.63, 3.8) is 0 Å². The standard InChI is InChI=1S/C11H19N3O2/c1-14-5-3-10(13-14)7-16-11(8-12)4-2-6-15-9-11/h3,5H,2,4,6-9,12H2,1H3. The van der Waals surface area contributed by atoms with E-state index < -0.39 is 0 Å². The van der Waals surface area contributed by atoms with E-state index in [1.54, 1.807) is 4.68 Å². The van der Waals surface area contributed by atoms with Gasteiger partial charge < -0.3 is 15.2 Å². The van der Waals surface area contributed by atoms with Gasteiger partial charge >= 0.3 is 0 Å². The van der Waals surface area contributed by atoms with Gasteiger partial charge in [-0.1, -0.05) is 0 Å². The third kappa shape index (κ3) is 2.61. The fraction of sp³-hybridized carbons (Fsp3) is 0.727. The molecule has 1 aromatic rings. The van der Waals surface area contributed by atoms with Gasteiger partial charge in [0.05, 0.1) is 18.9 Å². The maximum Gasteiger partial charge on any atom is 0.104 e. The number of nitrogens with two attached hydrogens (primary N) is 1. The number of ether oxygens (including phenoxy) is 2. The van der Waals surface area contributed by atoms with Gasteiger partial charge in [-0.15, -0.1) is 0 Å². The molecule has 0 aromatic carbocycles. The van der Waals surface area contributed by atoms with Crippen molar-refractivity contribution in [1.82, 2.24) is 9.78 Å². The van der Waals surface area contributed by atoms with E-state index in [4.69, 9.17) is 15.2 Å². The smallest absolute Gasteiger partial charge is 0.104 e. The molecule has 90 valence electrons. The highest BCUT2D eigenvalue weighted by Gasteiger charge is 2.32. The molecule has 16 heavy (non-hydrogen) atoms. The van der Waals surface area contributed by atoms with Crippen LogP contribution in [0.2, 0.25) is 0 Å². The fourth-order valence-electron chi connectivity index (χ4n) is 1.93. The van der Waals surface area contributed by atoms with Gasteiger partial charge in [-0.2, -0.15) is 5.10 Å². The van der Waals surface area contributed by atoms with E-state index in [1.165, 1.54) is 0 Å². The molecule has 2 N–H and O–H groups in total. The third-order valence-electron chi connectivity index (χ3n) is 2.95. The SMILES string of the molecule is Cn1ccc(COC2(CN)CCCOC2)n1. The summed E-state index contributed by atoms with van der Waals surface area (Å²) in [6.07, 6.45) is 3.89. The zero-order valence-corrected chi connectivity index (χ0v) is 9.69. The van der Waals surface area contributed by atoms with Crippen molar-refractivity contribution in [3.05, 3.63) is 18.0 Å². The quantitative estimate of drug-likeness (QED) is 0.808. The Labute approximate surface area is 95.5 Å². The average Bonchev–Trinajstić information content (AvgIpc) is 2.74. The van der Waals surface area contributed by atoms with Crippen molar-refractivity contribution in [2.75, 3.05) is 19.8 Å². The van der Waals surface area contributed by atoms with Gasteiger partial charge in [-0.05, 0) is 18.9 Å². The minimum Gasteiger partial charge on any atom is -0.378 e. The molecule has 1 fully saturated rings. The van der Waals surface area contributed by atoms with E-state index in [0.717, 1.165) is 25.1 Å². The molecule has 5 heteroatoms. The number of aromatic nitrogens is 2. The molecule has 1 aliphatic rings. The summed E-state index contributed by atoms with van der Waals surface area (Å²) in [5.74, 6) is 0. The molecule has 1 saturated heterocycles. The topological polar surface area (TPSA) is 62.3 Å². The molecule has 0 amide bonds. The summed E-state index contributed by atoms with van der Waals surface area (Å²) in [6, 6.07) is 1.95. The third-order valence-corrected chi connectivity index (χ3v) is 2.95. The Bertz CT molecular complexity index is 332. The second kappa shape index (κ2) is 4.95. The van der Waals surface area contributed by atoms with Gasteiger partial charge in [0.15, 0.2) is 0 Å². The summed E-state index contributed by atoms with van der Waals surface area (Å²) < 4.78 is 13.1. The minimum absolute atomic E-state index is 0.310. The normalized spacial score (nSPS) is 25.9. The zero-order valence-electron chi connectivity index (χ0n) is 9.69. The molecule has 0 radical (unpaired) electrons. The maximum atomic E-state index is 5.89. The highest BCUT2D eigenvalue weighted by atomic mass is 16.5. The van der Waals surface area contributed by atoms with Gasteiger partial charge in [0.2, 0.25) is 0 Å². The van der Waals surface area contributed by atoms with E-state index in [-0.39, 0.29) is 5.60 Å². The second-order valence-electron chi connectivity index (χ2n) is 4.31. The number of rotatable bonds is 4. The summed E-state index contributed by atoms with van der Waals surface area (Å²) in [6.45, 7) is 2.41. The summed E-state index contributed by atoms with van der Waals surface area (Å²) in [7, 11) is 1.89. The molecule has 1 aliphatic heterocycles. The Morgan fingerprint density at radius 2 is 2.56 bits per heavy atom. The molecular weight excluding hydrogens is 206 g/mol. The first-order chi connectivity index (χ1) is 7.74. The number of hydrogen-bond donors (Lipinski definition) is 1. The fourth-order valence-corrected chi connectivity index (χ4v) is 1.93. The number of aryl methyl sites for hydroxylation is 1. The lowest BCUT2D eigenvalue weighted by molar-refractivity contribution is -0.130. The molecule has 0 bridgehead atoms. The largest absolute Gasteiger partial charge is 0.378 e. The molecule has 1 atom stereocenters. The maximum absolute atomic E-state index is 5.89. The van der Waals surface area contributed by atoms with Crippen LogP contribution in [0.5, 0.6) is 0 Å². The van der Waals surface area contributed by atoms with Crippen molar-refractivity contribution in [2.45, 2.75) is 25.0 Å². The molecule has 0 spiro atoms. The van der Waals surface area contributed by atoms with Crippen LogP contribution < -0.4 is 5.73 Å². The van der Waals surface area contributed by atoms with Crippen molar-refractivity contribution >= 4 is 0 Å². The molecule has 2 rings (SSSR count). The van der Waals surface area contributed by atoms with E-state index in [9.17, 15) is 0 Å². The van der Waals surface area contributed by atoms with Crippen molar-refractivity contribution in [3.8, 4) is 0 Å². The Hall–Kier alpha value is -0.910. The van der Waals surface area contributed by atoms with Gasteiger partial charge in [0.1, 0.15) is 5.60 Å². The lowest BCUT2D eigenvalue weighted by Crippen LogP contribution is -2.47. The molecule has 5 nitrogen and oxygen atoms in total. The van der Waals surface area contributed by atoms with Crippen LogP contribution in [0.25, 0.3) is 0 Å². The lowest BCUT2D eigenvalue weighted by Gasteiger charge is -2.35. The van der Waals surface area contributed by atoms with E-state index in [2.05, 4.69) is 5.10 Å². The first kappa shape index (κ1) is 11.6. The summed E-state index contributed by atoms with van der Waals surface area (Å²) in [4.78, 5) is 0. The second-order valence-corrected chi connectivity index (χ2v) is 4.31.